The molecule has 5 rings (SSSR count). The molecular weight excluding hydrogens is 458 g/mol. The lowest BCUT2D eigenvalue weighted by Gasteiger charge is -2.45. The molecular formula is C24H26BrN3O3. The summed E-state index contributed by atoms with van der Waals surface area (Å²) in [6.07, 6.45) is 3.28. The maximum atomic E-state index is 13.7. The van der Waals surface area contributed by atoms with Gasteiger partial charge < -0.3 is 10.1 Å². The second-order valence-electron chi connectivity index (χ2n) is 8.59. The van der Waals surface area contributed by atoms with Crippen LogP contribution >= 0.6 is 15.9 Å². The highest BCUT2D eigenvalue weighted by Gasteiger charge is 2.52. The number of rotatable bonds is 3. The van der Waals surface area contributed by atoms with Crippen LogP contribution in [0.15, 0.2) is 53.0 Å². The molecule has 0 radical (unpaired) electrons. The Kier molecular flexibility index (Phi) is 5.58. The molecule has 162 valence electrons. The number of carbonyl (C=O) groups excluding carboxylic acids is 2. The van der Waals surface area contributed by atoms with Gasteiger partial charge in [-0.2, -0.15) is 0 Å². The van der Waals surface area contributed by atoms with Crippen molar-refractivity contribution in [1.82, 2.24) is 4.90 Å². The van der Waals surface area contributed by atoms with Crippen LogP contribution in [0.3, 0.4) is 0 Å². The Morgan fingerprint density at radius 3 is 2.65 bits per heavy atom. The van der Waals surface area contributed by atoms with Gasteiger partial charge in [-0.05, 0) is 42.7 Å². The van der Waals surface area contributed by atoms with E-state index in [9.17, 15) is 9.59 Å². The summed E-state index contributed by atoms with van der Waals surface area (Å²) in [5.41, 5.74) is 1.87. The topological polar surface area (TPSA) is 61.9 Å². The molecule has 2 heterocycles. The summed E-state index contributed by atoms with van der Waals surface area (Å²) in [7, 11) is 0. The lowest BCUT2D eigenvalue weighted by Crippen LogP contribution is -2.62. The Bertz CT molecular complexity index is 988. The third-order valence-electron chi connectivity index (χ3n) is 6.68. The van der Waals surface area contributed by atoms with E-state index in [4.69, 9.17) is 4.74 Å². The van der Waals surface area contributed by atoms with E-state index in [1.807, 2.05) is 36.4 Å². The number of halogens is 1. The maximum Gasteiger partial charge on any atom is 0.250 e. The number of ether oxygens (including phenoxy) is 1. The number of nitrogens with one attached hydrogen (secondary N) is 1. The molecule has 2 aliphatic heterocycles. The van der Waals surface area contributed by atoms with Gasteiger partial charge in [0.25, 0.3) is 5.91 Å². The lowest BCUT2D eigenvalue weighted by atomic mass is 9.89. The molecule has 1 saturated carbocycles. The molecule has 2 aromatic carbocycles. The van der Waals surface area contributed by atoms with Gasteiger partial charge in [-0.25, -0.2) is 0 Å². The predicted molar refractivity (Wildman–Crippen MR) is 123 cm³/mol. The zero-order chi connectivity index (χ0) is 21.4. The molecule has 31 heavy (non-hydrogen) atoms. The van der Waals surface area contributed by atoms with Crippen molar-refractivity contribution in [2.75, 3.05) is 36.5 Å². The van der Waals surface area contributed by atoms with Gasteiger partial charge in [-0.3, -0.25) is 19.4 Å². The van der Waals surface area contributed by atoms with Gasteiger partial charge in [0.15, 0.2) is 0 Å². The number of anilines is 2. The Morgan fingerprint density at radius 2 is 1.87 bits per heavy atom. The lowest BCUT2D eigenvalue weighted by molar-refractivity contribution is -0.129. The largest absolute Gasteiger partial charge is 0.371 e. The summed E-state index contributed by atoms with van der Waals surface area (Å²) < 4.78 is 7.01. The number of benzene rings is 2. The van der Waals surface area contributed by atoms with Crippen LogP contribution in [-0.2, 0) is 14.3 Å². The molecule has 1 N–H and O–H groups in total. The second kappa shape index (κ2) is 8.37. The summed E-state index contributed by atoms with van der Waals surface area (Å²) in [4.78, 5) is 30.7. The second-order valence-corrected chi connectivity index (χ2v) is 9.50. The van der Waals surface area contributed by atoms with E-state index in [-0.39, 0.29) is 24.5 Å². The SMILES string of the molecule is O=C(CN1CCOC(c2ccc(Br)cc2)C1)N1c2ccccc2NC(=O)C12CCCC2. The highest BCUT2D eigenvalue weighted by atomic mass is 79.9. The molecule has 0 aromatic heterocycles. The fraction of sp³-hybridized carbons (Fsp3) is 0.417. The Balaban J connectivity index is 1.38. The molecule has 1 atom stereocenters. The fourth-order valence-electron chi connectivity index (χ4n) is 5.12. The number of morpholine rings is 1. The standard InChI is InChI=1S/C24H26BrN3O3/c25-18-9-7-17(8-10-18)21-15-27(13-14-31-21)16-22(29)28-20-6-2-1-5-19(20)26-23(30)24(28)11-3-4-12-24/h1-2,5-10,21H,3-4,11-16H2,(H,26,30). The van der Waals surface area contributed by atoms with E-state index < -0.39 is 5.54 Å². The smallest absolute Gasteiger partial charge is 0.250 e. The number of amides is 2. The number of nitrogens with zero attached hydrogens (tertiary/aromatic N) is 2. The van der Waals surface area contributed by atoms with Crippen molar-refractivity contribution in [2.24, 2.45) is 0 Å². The summed E-state index contributed by atoms with van der Waals surface area (Å²) in [5, 5.41) is 3.04. The molecule has 3 aliphatic rings. The van der Waals surface area contributed by atoms with Crippen LogP contribution in [0.2, 0.25) is 0 Å². The molecule has 1 saturated heterocycles. The monoisotopic (exact) mass is 483 g/mol. The van der Waals surface area contributed by atoms with Crippen LogP contribution in [0.1, 0.15) is 37.4 Å². The van der Waals surface area contributed by atoms with Crippen molar-refractivity contribution >= 4 is 39.1 Å². The molecule has 2 amide bonds. The van der Waals surface area contributed by atoms with Gasteiger partial charge in [-0.15, -0.1) is 0 Å². The van der Waals surface area contributed by atoms with Crippen LogP contribution in [0.5, 0.6) is 0 Å². The van der Waals surface area contributed by atoms with Gasteiger partial charge in [0.2, 0.25) is 5.91 Å². The summed E-state index contributed by atoms with van der Waals surface area (Å²) in [5.74, 6) is -0.0626. The minimum Gasteiger partial charge on any atom is -0.371 e. The first-order valence-electron chi connectivity index (χ1n) is 10.9. The van der Waals surface area contributed by atoms with Crippen molar-refractivity contribution in [3.05, 3.63) is 58.6 Å². The van der Waals surface area contributed by atoms with E-state index in [1.165, 1.54) is 0 Å². The zero-order valence-corrected chi connectivity index (χ0v) is 18.9. The van der Waals surface area contributed by atoms with Crippen molar-refractivity contribution in [1.29, 1.82) is 0 Å². The predicted octanol–water partition coefficient (Wildman–Crippen LogP) is 4.12. The van der Waals surface area contributed by atoms with E-state index in [0.29, 0.717) is 38.2 Å². The van der Waals surface area contributed by atoms with Crippen LogP contribution in [0.25, 0.3) is 0 Å². The normalized spacial score (nSPS) is 22.9. The number of para-hydroxylation sites is 2. The zero-order valence-electron chi connectivity index (χ0n) is 17.4. The summed E-state index contributed by atoms with van der Waals surface area (Å²) in [6.45, 7) is 2.21. The van der Waals surface area contributed by atoms with Gasteiger partial charge in [0.1, 0.15) is 5.54 Å². The molecule has 6 nitrogen and oxygen atoms in total. The average molecular weight is 484 g/mol. The summed E-state index contributed by atoms with van der Waals surface area (Å²) in [6, 6.07) is 15.8. The number of carbonyl (C=O) groups is 2. The van der Waals surface area contributed by atoms with E-state index >= 15 is 0 Å². The Labute approximate surface area is 190 Å². The maximum absolute atomic E-state index is 13.7. The van der Waals surface area contributed by atoms with Crippen molar-refractivity contribution in [2.45, 2.75) is 37.3 Å². The first kappa shape index (κ1) is 20.7. The Hall–Kier alpha value is -2.22. The van der Waals surface area contributed by atoms with Gasteiger partial charge in [0, 0.05) is 17.6 Å². The quantitative estimate of drug-likeness (QED) is 0.712. The minimum atomic E-state index is -0.761. The van der Waals surface area contributed by atoms with E-state index in [2.05, 4.69) is 38.3 Å². The highest BCUT2D eigenvalue weighted by Crippen LogP contribution is 2.45. The third-order valence-corrected chi connectivity index (χ3v) is 7.20. The van der Waals surface area contributed by atoms with E-state index in [1.54, 1.807) is 4.90 Å². The van der Waals surface area contributed by atoms with Gasteiger partial charge in [-0.1, -0.05) is 53.0 Å². The Morgan fingerprint density at radius 1 is 1.13 bits per heavy atom. The van der Waals surface area contributed by atoms with Gasteiger partial charge >= 0.3 is 0 Å². The molecule has 0 bridgehead atoms. The number of hydrogen-bond acceptors (Lipinski definition) is 4. The first-order valence-corrected chi connectivity index (χ1v) is 11.7. The minimum absolute atomic E-state index is 0.0133. The molecule has 7 heteroatoms. The van der Waals surface area contributed by atoms with Crippen molar-refractivity contribution < 1.29 is 14.3 Å². The molecule has 2 aromatic rings. The first-order chi connectivity index (χ1) is 15.1. The number of hydrogen-bond donors (Lipinski definition) is 1. The molecule has 2 fully saturated rings. The van der Waals surface area contributed by atoms with Crippen LogP contribution in [0, 0.1) is 0 Å². The van der Waals surface area contributed by atoms with E-state index in [0.717, 1.165) is 28.6 Å². The average Bonchev–Trinajstić information content (AvgIpc) is 3.26. The molecule has 1 unspecified atom stereocenters. The highest BCUT2D eigenvalue weighted by molar-refractivity contribution is 9.10. The third kappa shape index (κ3) is 3.79. The summed E-state index contributed by atoms with van der Waals surface area (Å²) >= 11 is 3.47. The van der Waals surface area contributed by atoms with Crippen LogP contribution in [0.4, 0.5) is 11.4 Å². The van der Waals surface area contributed by atoms with Crippen molar-refractivity contribution in [3.63, 3.8) is 0 Å². The van der Waals surface area contributed by atoms with Gasteiger partial charge in [0.05, 0.1) is 30.6 Å². The van der Waals surface area contributed by atoms with Crippen LogP contribution < -0.4 is 10.2 Å². The molecule has 1 aliphatic carbocycles. The number of fused-ring (bicyclic) bond motifs is 1. The van der Waals surface area contributed by atoms with Crippen molar-refractivity contribution in [3.8, 4) is 0 Å². The fourth-order valence-corrected chi connectivity index (χ4v) is 5.38. The van der Waals surface area contributed by atoms with Crippen LogP contribution in [-0.4, -0.2) is 48.5 Å². The molecule has 1 spiro atoms.